The average Bonchev–Trinajstić information content (AvgIpc) is 3.01. The van der Waals surface area contributed by atoms with Crippen molar-refractivity contribution in [3.63, 3.8) is 0 Å². The molecule has 1 fully saturated rings. The molecular formula is C19H16N4O3Ru. The second-order valence-electron chi connectivity index (χ2n) is 5.48. The number of amides is 2. The average molecular weight is 449 g/mol. The molecule has 1 aliphatic heterocycles. The fourth-order valence-corrected chi connectivity index (χ4v) is 2.46. The monoisotopic (exact) mass is 450 g/mol. The Hall–Kier alpha value is -2.83. The normalized spacial score (nSPS) is 12.9. The second-order valence-corrected chi connectivity index (χ2v) is 5.48. The summed E-state index contributed by atoms with van der Waals surface area (Å²) in [6.45, 7) is 0. The number of carbonyl (C=O) groups is 2. The van der Waals surface area contributed by atoms with E-state index in [2.05, 4.69) is 15.0 Å². The molecule has 1 aliphatic rings. The van der Waals surface area contributed by atoms with Gasteiger partial charge in [-0.05, 0) is 24.3 Å². The number of imide groups is 1. The van der Waals surface area contributed by atoms with Gasteiger partial charge in [0.05, 0.1) is 5.69 Å². The summed E-state index contributed by atoms with van der Waals surface area (Å²) in [6.07, 6.45) is 9.28. The predicted molar refractivity (Wildman–Crippen MR) is 93.6 cm³/mol. The van der Waals surface area contributed by atoms with Crippen LogP contribution in [0.3, 0.4) is 0 Å². The maximum atomic E-state index is 10.2. The molecule has 27 heavy (non-hydrogen) atoms. The smallest absolute Gasteiger partial charge is 0.253 e. The molecule has 8 heteroatoms. The molecule has 0 atom stereocenters. The van der Waals surface area contributed by atoms with Crippen LogP contribution in [0, 0.1) is 0 Å². The first-order chi connectivity index (χ1) is 12.7. The fraction of sp³-hybridized carbons (Fsp3) is 0.105. The van der Waals surface area contributed by atoms with Gasteiger partial charge in [0.15, 0.2) is 0 Å². The summed E-state index contributed by atoms with van der Waals surface area (Å²) in [6, 6.07) is 11.9. The minimum atomic E-state index is -0.505. The Morgan fingerprint density at radius 1 is 0.815 bits per heavy atom. The number of hydroxylamine groups is 2. The molecule has 2 amide bonds. The summed E-state index contributed by atoms with van der Waals surface area (Å²) < 4.78 is 0. The summed E-state index contributed by atoms with van der Waals surface area (Å²) in [5.41, 5.74) is 4.07. The van der Waals surface area contributed by atoms with E-state index in [1.165, 1.54) is 0 Å². The van der Waals surface area contributed by atoms with Crippen LogP contribution >= 0.6 is 0 Å². The Bertz CT molecular complexity index is 833. The molecule has 0 unspecified atom stereocenters. The van der Waals surface area contributed by atoms with Crippen LogP contribution in [-0.4, -0.2) is 37.0 Å². The van der Waals surface area contributed by atoms with Crippen LogP contribution in [0.25, 0.3) is 22.4 Å². The largest absolute Gasteiger partial charge is 0.279 e. The van der Waals surface area contributed by atoms with E-state index >= 15 is 0 Å². The van der Waals surface area contributed by atoms with Gasteiger partial charge in [-0.25, -0.2) is 0 Å². The molecule has 0 aromatic carbocycles. The minimum Gasteiger partial charge on any atom is -0.279 e. The minimum absolute atomic E-state index is 0. The van der Waals surface area contributed by atoms with Crippen molar-refractivity contribution < 1.29 is 34.3 Å². The Morgan fingerprint density at radius 2 is 1.37 bits per heavy atom. The first kappa shape index (κ1) is 20.5. The summed E-state index contributed by atoms with van der Waals surface area (Å²) in [5, 5.41) is 8.57. The molecule has 0 bridgehead atoms. The van der Waals surface area contributed by atoms with Gasteiger partial charge in [0.25, 0.3) is 11.8 Å². The number of nitrogens with zero attached hydrogens (tertiary/aromatic N) is 4. The van der Waals surface area contributed by atoms with Crippen LogP contribution in [-0.2, 0) is 29.1 Å². The zero-order valence-corrected chi connectivity index (χ0v) is 15.9. The molecule has 4 heterocycles. The SMILES string of the molecule is O=C1CCC(=O)N1O.[Ru].c1cncc(-c2cccnc2-c2cccnc2)c1. The van der Waals surface area contributed by atoms with Crippen molar-refractivity contribution in [2.75, 3.05) is 0 Å². The van der Waals surface area contributed by atoms with Gasteiger partial charge in [0.2, 0.25) is 0 Å². The molecule has 1 N–H and O–H groups in total. The van der Waals surface area contributed by atoms with Gasteiger partial charge in [0.1, 0.15) is 0 Å². The van der Waals surface area contributed by atoms with E-state index in [1.807, 2.05) is 48.8 Å². The Kier molecular flexibility index (Phi) is 7.40. The second kappa shape index (κ2) is 9.76. The first-order valence-electron chi connectivity index (χ1n) is 7.97. The third-order valence-electron chi connectivity index (χ3n) is 3.74. The predicted octanol–water partition coefficient (Wildman–Crippen LogP) is 2.73. The fourth-order valence-electron chi connectivity index (χ4n) is 2.46. The summed E-state index contributed by atoms with van der Waals surface area (Å²) in [5.74, 6) is -1.01. The zero-order chi connectivity index (χ0) is 18.4. The summed E-state index contributed by atoms with van der Waals surface area (Å²) in [4.78, 5) is 33.2. The van der Waals surface area contributed by atoms with Crippen LogP contribution in [0.5, 0.6) is 0 Å². The van der Waals surface area contributed by atoms with Gasteiger partial charge < -0.3 is 0 Å². The third-order valence-corrected chi connectivity index (χ3v) is 3.74. The number of hydrogen-bond acceptors (Lipinski definition) is 6. The van der Waals surface area contributed by atoms with Crippen molar-refractivity contribution in [1.29, 1.82) is 0 Å². The number of carbonyl (C=O) groups excluding carboxylic acids is 2. The number of rotatable bonds is 2. The Balaban J connectivity index is 0.000000247. The molecule has 138 valence electrons. The Labute approximate surface area is 168 Å². The van der Waals surface area contributed by atoms with Crippen molar-refractivity contribution in [3.8, 4) is 22.4 Å². The van der Waals surface area contributed by atoms with Crippen molar-refractivity contribution in [2.24, 2.45) is 0 Å². The van der Waals surface area contributed by atoms with Crippen molar-refractivity contribution in [2.45, 2.75) is 12.8 Å². The van der Waals surface area contributed by atoms with Gasteiger partial charge in [-0.15, -0.1) is 0 Å². The van der Waals surface area contributed by atoms with E-state index in [-0.39, 0.29) is 37.4 Å². The van der Waals surface area contributed by atoms with Crippen LogP contribution in [0.1, 0.15) is 12.8 Å². The maximum Gasteiger partial charge on any atom is 0.253 e. The molecule has 0 radical (unpaired) electrons. The number of pyridine rings is 3. The van der Waals surface area contributed by atoms with Gasteiger partial charge in [0, 0.05) is 80.0 Å². The first-order valence-corrected chi connectivity index (χ1v) is 7.97. The van der Waals surface area contributed by atoms with Crippen LogP contribution in [0.4, 0.5) is 0 Å². The number of hydrogen-bond donors (Lipinski definition) is 1. The summed E-state index contributed by atoms with van der Waals surface area (Å²) in [7, 11) is 0. The zero-order valence-electron chi connectivity index (χ0n) is 14.2. The van der Waals surface area contributed by atoms with Gasteiger partial charge in [-0.1, -0.05) is 12.1 Å². The molecular weight excluding hydrogens is 433 g/mol. The topological polar surface area (TPSA) is 96.3 Å². The molecule has 0 spiro atoms. The Morgan fingerprint density at radius 3 is 1.85 bits per heavy atom. The molecule has 7 nitrogen and oxygen atoms in total. The molecule has 4 rings (SSSR count). The van der Waals surface area contributed by atoms with Gasteiger partial charge in [-0.2, -0.15) is 5.06 Å². The van der Waals surface area contributed by atoms with Crippen molar-refractivity contribution >= 4 is 11.8 Å². The molecule has 1 saturated heterocycles. The molecule has 0 saturated carbocycles. The summed E-state index contributed by atoms with van der Waals surface area (Å²) >= 11 is 0. The maximum absolute atomic E-state index is 10.2. The van der Waals surface area contributed by atoms with E-state index in [9.17, 15) is 9.59 Å². The quantitative estimate of drug-likeness (QED) is 0.367. The van der Waals surface area contributed by atoms with Gasteiger partial charge in [-0.3, -0.25) is 29.7 Å². The van der Waals surface area contributed by atoms with Crippen LogP contribution < -0.4 is 0 Å². The van der Waals surface area contributed by atoms with Crippen molar-refractivity contribution in [1.82, 2.24) is 20.0 Å². The van der Waals surface area contributed by atoms with Gasteiger partial charge >= 0.3 is 0 Å². The van der Waals surface area contributed by atoms with Crippen molar-refractivity contribution in [3.05, 3.63) is 67.4 Å². The third kappa shape index (κ3) is 5.09. The molecule has 3 aromatic heterocycles. The standard InChI is InChI=1S/C15H11N3.C4H5NO3.Ru/c1-4-12(10-16-7-1)14-6-3-9-18-15(14)13-5-2-8-17-11-13;6-3-1-2-4(7)5(3)8;/h1-11H;8H,1-2H2;. The van der Waals surface area contributed by atoms with Crippen LogP contribution in [0.15, 0.2) is 67.4 Å². The van der Waals surface area contributed by atoms with E-state index in [4.69, 9.17) is 5.21 Å². The van der Waals surface area contributed by atoms with E-state index in [0.29, 0.717) is 0 Å². The van der Waals surface area contributed by atoms with E-state index in [0.717, 1.165) is 22.4 Å². The van der Waals surface area contributed by atoms with E-state index < -0.39 is 11.8 Å². The number of aromatic nitrogens is 3. The molecule has 0 aliphatic carbocycles. The molecule has 3 aromatic rings. The van der Waals surface area contributed by atoms with Crippen LogP contribution in [0.2, 0.25) is 0 Å². The van der Waals surface area contributed by atoms with E-state index in [1.54, 1.807) is 18.6 Å².